The fourth-order valence-corrected chi connectivity index (χ4v) is 3.91. The van der Waals surface area contributed by atoms with Crippen molar-refractivity contribution in [2.45, 2.75) is 19.9 Å². The van der Waals surface area contributed by atoms with Gasteiger partial charge < -0.3 is 14.6 Å². The summed E-state index contributed by atoms with van der Waals surface area (Å²) in [5.41, 5.74) is 4.60. The molecule has 0 amide bonds. The van der Waals surface area contributed by atoms with Crippen LogP contribution in [0.15, 0.2) is 36.8 Å². The molecule has 0 aromatic carbocycles. The van der Waals surface area contributed by atoms with Crippen molar-refractivity contribution in [3.05, 3.63) is 42.5 Å². The number of nitrogens with one attached hydrogen (secondary N) is 1. The average Bonchev–Trinajstić information content (AvgIpc) is 3.33. The third kappa shape index (κ3) is 3.15. The number of aromatic amines is 1. The summed E-state index contributed by atoms with van der Waals surface area (Å²) in [7, 11) is 1.91. The largest absolute Gasteiger partial charge is 0.377 e. The van der Waals surface area contributed by atoms with Crippen LogP contribution in [-0.4, -0.2) is 55.5 Å². The van der Waals surface area contributed by atoms with E-state index in [2.05, 4.69) is 33.0 Å². The summed E-state index contributed by atoms with van der Waals surface area (Å²) in [6, 6.07) is 6.36. The lowest BCUT2D eigenvalue weighted by atomic mass is 10.1. The van der Waals surface area contributed by atoms with Gasteiger partial charge >= 0.3 is 0 Å². The van der Waals surface area contributed by atoms with Crippen molar-refractivity contribution >= 4 is 16.9 Å². The van der Waals surface area contributed by atoms with Crippen LogP contribution in [0.2, 0.25) is 0 Å². The lowest BCUT2D eigenvalue weighted by Crippen LogP contribution is -2.44. The van der Waals surface area contributed by atoms with Crippen LogP contribution in [0.25, 0.3) is 33.7 Å². The van der Waals surface area contributed by atoms with Crippen LogP contribution in [-0.2, 0) is 11.8 Å². The van der Waals surface area contributed by atoms with Crippen molar-refractivity contribution in [3.63, 3.8) is 0 Å². The van der Waals surface area contributed by atoms with Crippen LogP contribution in [0.3, 0.4) is 0 Å². The number of hydrogen-bond donors (Lipinski definition) is 1. The van der Waals surface area contributed by atoms with E-state index in [4.69, 9.17) is 14.7 Å². The van der Waals surface area contributed by atoms with Gasteiger partial charge in [-0.25, -0.2) is 15.0 Å². The van der Waals surface area contributed by atoms with E-state index in [9.17, 15) is 0 Å². The summed E-state index contributed by atoms with van der Waals surface area (Å²) in [5.74, 6) is 1.59. The first-order valence-corrected chi connectivity index (χ1v) is 9.76. The number of morpholine rings is 1. The van der Waals surface area contributed by atoms with Gasteiger partial charge in [-0.05, 0) is 26.0 Å². The average molecular weight is 389 g/mol. The van der Waals surface area contributed by atoms with Crippen molar-refractivity contribution < 1.29 is 4.74 Å². The van der Waals surface area contributed by atoms with Crippen LogP contribution in [0, 0.1) is 6.92 Å². The third-order valence-electron chi connectivity index (χ3n) is 5.37. The highest BCUT2D eigenvalue weighted by Gasteiger charge is 2.23. The van der Waals surface area contributed by atoms with Crippen molar-refractivity contribution in [2.24, 2.45) is 7.05 Å². The maximum absolute atomic E-state index is 5.62. The smallest absolute Gasteiger partial charge is 0.165 e. The van der Waals surface area contributed by atoms with Crippen molar-refractivity contribution in [1.29, 1.82) is 0 Å². The number of ether oxygens (including phenoxy) is 1. The van der Waals surface area contributed by atoms with E-state index in [-0.39, 0.29) is 6.04 Å². The van der Waals surface area contributed by atoms with Crippen LogP contribution in [0.1, 0.15) is 12.6 Å². The molecule has 0 aliphatic carbocycles. The van der Waals surface area contributed by atoms with Gasteiger partial charge in [-0.3, -0.25) is 4.68 Å². The van der Waals surface area contributed by atoms with Crippen molar-refractivity contribution in [2.75, 3.05) is 24.7 Å². The van der Waals surface area contributed by atoms with Crippen LogP contribution >= 0.6 is 0 Å². The zero-order chi connectivity index (χ0) is 20.0. The van der Waals surface area contributed by atoms with Gasteiger partial charge in [0.2, 0.25) is 0 Å². The van der Waals surface area contributed by atoms with Gasteiger partial charge in [0, 0.05) is 49.2 Å². The highest BCUT2D eigenvalue weighted by Crippen LogP contribution is 2.31. The maximum Gasteiger partial charge on any atom is 0.165 e. The Balaban J connectivity index is 1.72. The molecule has 0 unspecified atom stereocenters. The minimum atomic E-state index is 0.249. The van der Waals surface area contributed by atoms with E-state index < -0.39 is 0 Å². The zero-order valence-corrected chi connectivity index (χ0v) is 16.8. The fraction of sp³-hybridized carbons (Fsp3) is 0.333. The number of rotatable bonds is 3. The second kappa shape index (κ2) is 6.97. The number of aromatic nitrogens is 6. The molecule has 8 heteroatoms. The van der Waals surface area contributed by atoms with E-state index in [0.717, 1.165) is 45.9 Å². The Morgan fingerprint density at radius 2 is 2.10 bits per heavy atom. The number of nitrogens with zero attached hydrogens (tertiary/aromatic N) is 6. The van der Waals surface area contributed by atoms with Gasteiger partial charge in [0.15, 0.2) is 5.82 Å². The number of anilines is 1. The second-order valence-electron chi connectivity index (χ2n) is 7.45. The molecule has 0 spiro atoms. The molecule has 29 heavy (non-hydrogen) atoms. The first-order chi connectivity index (χ1) is 14.1. The molecule has 148 valence electrons. The van der Waals surface area contributed by atoms with E-state index in [1.165, 1.54) is 0 Å². The second-order valence-corrected chi connectivity index (χ2v) is 7.45. The van der Waals surface area contributed by atoms with E-state index in [1.54, 1.807) is 4.68 Å². The van der Waals surface area contributed by atoms with Gasteiger partial charge in [0.1, 0.15) is 11.5 Å². The Labute approximate surface area is 168 Å². The van der Waals surface area contributed by atoms with Gasteiger partial charge in [-0.15, -0.1) is 0 Å². The molecule has 1 N–H and O–H groups in total. The first kappa shape index (κ1) is 17.8. The molecule has 0 radical (unpaired) electrons. The predicted octanol–water partition coefficient (Wildman–Crippen LogP) is 2.95. The Bertz CT molecular complexity index is 1180. The molecule has 4 aromatic rings. The lowest BCUT2D eigenvalue weighted by Gasteiger charge is -2.34. The molecule has 1 fully saturated rings. The van der Waals surface area contributed by atoms with Gasteiger partial charge in [0.05, 0.1) is 36.2 Å². The summed E-state index contributed by atoms with van der Waals surface area (Å²) in [6.45, 7) is 6.34. The van der Waals surface area contributed by atoms with E-state index in [0.29, 0.717) is 19.0 Å². The SMILES string of the molecule is Cc1nn(C)cc1-c1nc(-c2ccnc3[nH]ccc23)cc(N2CCOC[C@H]2C)n1. The summed E-state index contributed by atoms with van der Waals surface area (Å²) < 4.78 is 7.42. The number of hydrogen-bond acceptors (Lipinski definition) is 6. The molecule has 0 bridgehead atoms. The number of aryl methyl sites for hydroxylation is 2. The minimum absolute atomic E-state index is 0.249. The van der Waals surface area contributed by atoms with Crippen molar-refractivity contribution in [1.82, 2.24) is 29.7 Å². The molecule has 5 heterocycles. The Morgan fingerprint density at radius 1 is 1.21 bits per heavy atom. The predicted molar refractivity (Wildman–Crippen MR) is 112 cm³/mol. The number of H-pyrrole nitrogens is 1. The molecule has 0 saturated carbocycles. The van der Waals surface area contributed by atoms with Crippen molar-refractivity contribution in [3.8, 4) is 22.6 Å². The van der Waals surface area contributed by atoms with Gasteiger partial charge in [-0.1, -0.05) is 0 Å². The highest BCUT2D eigenvalue weighted by molar-refractivity contribution is 5.92. The standard InChI is InChI=1S/C21H23N7O/c1-13-12-29-9-8-28(13)19-10-18(15-4-6-22-20-16(15)5-7-23-20)24-21(25-19)17-11-27(3)26-14(17)2/h4-7,10-11,13H,8-9,12H2,1-3H3,(H,22,23)/t13-/m1/s1. The Kier molecular flexibility index (Phi) is 4.28. The van der Waals surface area contributed by atoms with Crippen LogP contribution in [0.4, 0.5) is 5.82 Å². The Hall–Kier alpha value is -3.26. The monoisotopic (exact) mass is 389 g/mol. The zero-order valence-electron chi connectivity index (χ0n) is 16.8. The molecule has 8 nitrogen and oxygen atoms in total. The molecule has 5 rings (SSSR count). The minimum Gasteiger partial charge on any atom is -0.377 e. The maximum atomic E-state index is 5.62. The molecule has 1 aliphatic heterocycles. The summed E-state index contributed by atoms with van der Waals surface area (Å²) in [5, 5.41) is 5.52. The summed E-state index contributed by atoms with van der Waals surface area (Å²) in [4.78, 5) is 19.7. The molecule has 1 saturated heterocycles. The van der Waals surface area contributed by atoms with E-state index in [1.807, 2.05) is 44.7 Å². The normalized spacial score (nSPS) is 17.2. The van der Waals surface area contributed by atoms with Crippen LogP contribution in [0.5, 0.6) is 0 Å². The fourth-order valence-electron chi connectivity index (χ4n) is 3.91. The molecule has 1 atom stereocenters. The number of fused-ring (bicyclic) bond motifs is 1. The van der Waals surface area contributed by atoms with Crippen LogP contribution < -0.4 is 4.90 Å². The quantitative estimate of drug-likeness (QED) is 0.580. The highest BCUT2D eigenvalue weighted by atomic mass is 16.5. The third-order valence-corrected chi connectivity index (χ3v) is 5.37. The van der Waals surface area contributed by atoms with Gasteiger partial charge in [0.25, 0.3) is 0 Å². The van der Waals surface area contributed by atoms with Gasteiger partial charge in [-0.2, -0.15) is 5.10 Å². The Morgan fingerprint density at radius 3 is 2.90 bits per heavy atom. The lowest BCUT2D eigenvalue weighted by molar-refractivity contribution is 0.0985. The summed E-state index contributed by atoms with van der Waals surface area (Å²) in [6.07, 6.45) is 5.68. The molecule has 1 aliphatic rings. The summed E-state index contributed by atoms with van der Waals surface area (Å²) >= 11 is 0. The van der Waals surface area contributed by atoms with E-state index >= 15 is 0 Å². The molecular weight excluding hydrogens is 366 g/mol. The number of pyridine rings is 1. The molecule has 4 aromatic heterocycles. The first-order valence-electron chi connectivity index (χ1n) is 9.76. The topological polar surface area (TPSA) is 84.8 Å². The molecular formula is C21H23N7O.